The number of ketones is 1. The maximum Gasteiger partial charge on any atom is 0.346 e. The van der Waals surface area contributed by atoms with E-state index in [9.17, 15) is 33.4 Å². The van der Waals surface area contributed by atoms with E-state index in [0.29, 0.717) is 34.8 Å². The van der Waals surface area contributed by atoms with E-state index in [4.69, 9.17) is 9.05 Å². The van der Waals surface area contributed by atoms with Gasteiger partial charge in [0.2, 0.25) is 14.7 Å². The first-order valence-corrected chi connectivity index (χ1v) is 25.1. The van der Waals surface area contributed by atoms with Crippen LogP contribution in [-0.2, 0) is 29.1 Å². The minimum Gasteiger partial charge on any atom is -0.478 e. The lowest BCUT2D eigenvalue weighted by Crippen LogP contribution is -2.18. The number of Topliss-reactive ketones (excluding diaryl/α,β-unsaturated/α-hetero) is 1. The number of fused-ring (bicyclic) bond motifs is 5. The number of hydrogen-bond acceptors (Lipinski definition) is 9. The smallest absolute Gasteiger partial charge is 0.346 e. The molecule has 0 aromatic heterocycles. The molecule has 324 valence electrons. The van der Waals surface area contributed by atoms with Crippen molar-refractivity contribution in [2.24, 2.45) is 0 Å². The van der Waals surface area contributed by atoms with Gasteiger partial charge in [-0.1, -0.05) is 133 Å². The number of carboxylic acids is 1. The lowest BCUT2D eigenvalue weighted by Gasteiger charge is -2.25. The first kappa shape index (κ1) is 45.5. The molecule has 9 rings (SSSR count). The highest BCUT2D eigenvalue weighted by Crippen LogP contribution is 2.59. The Bertz CT molecular complexity index is 3130. The van der Waals surface area contributed by atoms with Gasteiger partial charge in [-0.25, -0.2) is 14.4 Å². The summed E-state index contributed by atoms with van der Waals surface area (Å²) in [6.45, 7) is 7.42. The normalized spacial score (nSPS) is 14.3. The molecule has 0 fully saturated rings. The Hall–Kier alpha value is -6.54. The molecule has 0 aliphatic carbocycles. The van der Waals surface area contributed by atoms with Gasteiger partial charge in [0.05, 0.1) is 36.1 Å². The van der Waals surface area contributed by atoms with Crippen LogP contribution in [0.1, 0.15) is 72.1 Å². The fraction of sp³-hybridized carbons (Fsp3) is 0.154. The van der Waals surface area contributed by atoms with Crippen molar-refractivity contribution < 1.29 is 47.2 Å². The predicted octanol–water partition coefficient (Wildman–Crippen LogP) is 13.0. The van der Waals surface area contributed by atoms with Crippen LogP contribution in [0.5, 0.6) is 0 Å². The minimum atomic E-state index is -3.50. The summed E-state index contributed by atoms with van der Waals surface area (Å²) in [6.07, 6.45) is 0.502. The maximum absolute atomic E-state index is 14.0. The number of carboxylic acid groups (broad SMARTS) is 1. The zero-order valence-corrected chi connectivity index (χ0v) is 37.5. The highest BCUT2D eigenvalue weighted by Gasteiger charge is 2.40. The number of hydrogen-bond donors (Lipinski definition) is 1. The standard InChI is InChI=1S/C26H23O5P.C14H17O2P.C12H6O3/c1-3-31-32(2,30)25(21-14-8-12-17-9-6-7-13-20(17)21)24(27)22-15-18-10-4-5-11-19(18)16-23(22)26(28)29;1-3-16-17(2,15)11-13-9-6-8-12-7-4-5-10-14(12)13;13-11-9-5-7-3-1-2-4-8(7)6-10(9)12(14)15-11/h4-16,25H,3H2,1-2H3,(H,28,29);4-10H,3,11H2,1-2H3;1-6H. The van der Waals surface area contributed by atoms with E-state index < -0.39 is 44.1 Å². The molecule has 3 atom stereocenters. The van der Waals surface area contributed by atoms with Gasteiger partial charge in [0.15, 0.2) is 5.78 Å². The van der Waals surface area contributed by atoms with Crippen LogP contribution in [0.3, 0.4) is 0 Å². The van der Waals surface area contributed by atoms with Gasteiger partial charge in [-0.2, -0.15) is 0 Å². The number of rotatable bonds is 11. The Morgan fingerprint density at radius 2 is 1.00 bits per heavy atom. The van der Waals surface area contributed by atoms with Crippen LogP contribution in [0.2, 0.25) is 0 Å². The fourth-order valence-corrected chi connectivity index (χ4v) is 11.5. The predicted molar refractivity (Wildman–Crippen MR) is 254 cm³/mol. The van der Waals surface area contributed by atoms with E-state index in [1.165, 1.54) is 18.1 Å². The van der Waals surface area contributed by atoms with Gasteiger partial charge in [-0.15, -0.1) is 0 Å². The zero-order chi connectivity index (χ0) is 45.6. The molecule has 64 heavy (non-hydrogen) atoms. The number of benzene rings is 8. The fourth-order valence-electron chi connectivity index (χ4n) is 8.03. The molecule has 0 amide bonds. The summed E-state index contributed by atoms with van der Waals surface area (Å²) in [5.74, 6) is -2.84. The topological polar surface area (TPSA) is 150 Å². The monoisotopic (exact) mass is 892 g/mol. The Morgan fingerprint density at radius 1 is 0.562 bits per heavy atom. The molecule has 1 N–H and O–H groups in total. The van der Waals surface area contributed by atoms with Crippen molar-refractivity contribution >= 4 is 81.5 Å². The van der Waals surface area contributed by atoms with E-state index in [2.05, 4.69) is 22.9 Å². The van der Waals surface area contributed by atoms with Gasteiger partial charge in [0.25, 0.3) is 0 Å². The first-order valence-electron chi connectivity index (χ1n) is 20.7. The Balaban J connectivity index is 0.000000160. The second-order valence-electron chi connectivity index (χ2n) is 15.4. The molecule has 1 aliphatic heterocycles. The molecule has 10 nitrogen and oxygen atoms in total. The third kappa shape index (κ3) is 9.97. The summed E-state index contributed by atoms with van der Waals surface area (Å²) in [5.41, 5.74) is 1.16. The van der Waals surface area contributed by atoms with Crippen molar-refractivity contribution in [2.45, 2.75) is 25.7 Å². The summed E-state index contributed by atoms with van der Waals surface area (Å²) < 4.78 is 41.4. The molecule has 8 aromatic carbocycles. The van der Waals surface area contributed by atoms with Crippen LogP contribution in [-0.4, -0.2) is 55.3 Å². The quantitative estimate of drug-likeness (QED) is 0.0575. The van der Waals surface area contributed by atoms with Crippen molar-refractivity contribution in [2.75, 3.05) is 26.5 Å². The first-order chi connectivity index (χ1) is 30.7. The summed E-state index contributed by atoms with van der Waals surface area (Å²) in [7, 11) is -6.02. The number of esters is 2. The van der Waals surface area contributed by atoms with E-state index >= 15 is 0 Å². The summed E-state index contributed by atoms with van der Waals surface area (Å²) in [6, 6.07) is 48.5. The molecular formula is C52H46O10P2. The third-order valence-electron chi connectivity index (χ3n) is 10.9. The molecule has 0 radical (unpaired) electrons. The average Bonchev–Trinajstić information content (AvgIpc) is 3.56. The Kier molecular flexibility index (Phi) is 13.8. The number of aromatic carboxylic acids is 1. The molecule has 1 heterocycles. The lowest BCUT2D eigenvalue weighted by molar-refractivity contribution is 0.0442. The van der Waals surface area contributed by atoms with E-state index in [0.717, 1.165) is 37.9 Å². The molecule has 0 spiro atoms. The van der Waals surface area contributed by atoms with Crippen LogP contribution in [0.4, 0.5) is 0 Å². The maximum atomic E-state index is 14.0. The van der Waals surface area contributed by atoms with E-state index in [1.54, 1.807) is 43.9 Å². The van der Waals surface area contributed by atoms with Crippen molar-refractivity contribution in [3.63, 3.8) is 0 Å². The second kappa shape index (κ2) is 19.5. The highest BCUT2D eigenvalue weighted by molar-refractivity contribution is 7.59. The lowest BCUT2D eigenvalue weighted by atomic mass is 9.93. The minimum absolute atomic E-state index is 0.0240. The van der Waals surface area contributed by atoms with Crippen LogP contribution in [0.15, 0.2) is 158 Å². The third-order valence-corrected chi connectivity index (χ3v) is 14.8. The number of carbonyl (C=O) groups is 4. The number of cyclic esters (lactones) is 2. The highest BCUT2D eigenvalue weighted by atomic mass is 31.2. The van der Waals surface area contributed by atoms with Crippen LogP contribution < -0.4 is 0 Å². The van der Waals surface area contributed by atoms with Crippen LogP contribution in [0.25, 0.3) is 43.1 Å². The SMILES string of the molecule is CCOP(C)(=O)C(C(=O)c1cc2ccccc2cc1C(=O)O)c1cccc2ccccc12.CCOP(C)(=O)Cc1cccc2ccccc12.O=C1OC(=O)c2cc3ccccc3cc21. The van der Waals surface area contributed by atoms with E-state index in [-0.39, 0.29) is 17.7 Å². The van der Waals surface area contributed by atoms with Crippen LogP contribution in [0, 0.1) is 0 Å². The molecular weight excluding hydrogens is 847 g/mol. The summed E-state index contributed by atoms with van der Waals surface area (Å²) in [5, 5.41) is 17.2. The molecule has 12 heteroatoms. The van der Waals surface area contributed by atoms with Crippen molar-refractivity contribution in [1.82, 2.24) is 0 Å². The Labute approximate surface area is 370 Å². The molecule has 0 saturated carbocycles. The zero-order valence-electron chi connectivity index (χ0n) is 35.7. The average molecular weight is 893 g/mol. The van der Waals surface area contributed by atoms with Gasteiger partial charge in [-0.3, -0.25) is 13.9 Å². The van der Waals surface area contributed by atoms with Gasteiger partial charge < -0.3 is 18.9 Å². The Morgan fingerprint density at radius 3 is 1.53 bits per heavy atom. The van der Waals surface area contributed by atoms with Gasteiger partial charge in [0, 0.05) is 18.9 Å². The number of ether oxygens (including phenoxy) is 1. The molecule has 3 unspecified atom stereocenters. The molecule has 8 aromatic rings. The number of carbonyl (C=O) groups excluding carboxylic acids is 3. The van der Waals surface area contributed by atoms with Gasteiger partial charge in [0.1, 0.15) is 5.66 Å². The second-order valence-corrected chi connectivity index (χ2v) is 20.6. The summed E-state index contributed by atoms with van der Waals surface area (Å²) >= 11 is 0. The van der Waals surface area contributed by atoms with Gasteiger partial charge >= 0.3 is 17.9 Å². The van der Waals surface area contributed by atoms with Gasteiger partial charge in [-0.05, 0) is 92.3 Å². The van der Waals surface area contributed by atoms with Crippen molar-refractivity contribution in [3.05, 3.63) is 191 Å². The molecule has 1 aliphatic rings. The summed E-state index contributed by atoms with van der Waals surface area (Å²) in [4.78, 5) is 48.6. The van der Waals surface area contributed by atoms with Crippen molar-refractivity contribution in [3.8, 4) is 0 Å². The van der Waals surface area contributed by atoms with Crippen LogP contribution >= 0.6 is 14.7 Å². The van der Waals surface area contributed by atoms with Crippen molar-refractivity contribution in [1.29, 1.82) is 0 Å². The molecule has 0 saturated heterocycles. The largest absolute Gasteiger partial charge is 0.478 e. The van der Waals surface area contributed by atoms with E-state index in [1.807, 2.05) is 110 Å². The molecule has 0 bridgehead atoms.